The van der Waals surface area contributed by atoms with Crippen LogP contribution in [0, 0.1) is 23.2 Å². The van der Waals surface area contributed by atoms with Gasteiger partial charge in [-0.25, -0.2) is 9.78 Å². The minimum absolute atomic E-state index is 0.0258. The lowest BCUT2D eigenvalue weighted by Crippen LogP contribution is -2.37. The van der Waals surface area contributed by atoms with Crippen LogP contribution in [0.2, 0.25) is 0 Å². The molecule has 1 saturated carbocycles. The van der Waals surface area contributed by atoms with E-state index in [0.29, 0.717) is 24.4 Å². The van der Waals surface area contributed by atoms with Gasteiger partial charge in [-0.2, -0.15) is 18.4 Å². The fourth-order valence-electron chi connectivity index (χ4n) is 4.43. The number of nitriles is 1. The molecule has 11 heteroatoms. The predicted molar refractivity (Wildman–Crippen MR) is 138 cm³/mol. The van der Waals surface area contributed by atoms with Gasteiger partial charge in [0.1, 0.15) is 5.82 Å². The Balaban J connectivity index is 0.000000532. The van der Waals surface area contributed by atoms with Crippen LogP contribution in [-0.2, 0) is 16.0 Å². The Hall–Kier alpha value is -4.17. The molecule has 0 saturated heterocycles. The van der Waals surface area contributed by atoms with Gasteiger partial charge in [-0.3, -0.25) is 4.79 Å². The van der Waals surface area contributed by atoms with E-state index >= 15 is 0 Å². The number of carbonyl (C=O) groups is 2. The Labute approximate surface area is 224 Å². The van der Waals surface area contributed by atoms with Gasteiger partial charge in [-0.1, -0.05) is 42.5 Å². The molecule has 0 aliphatic heterocycles. The normalized spacial score (nSPS) is 17.7. The largest absolute Gasteiger partial charge is 0.490 e. The average molecular weight is 542 g/mol. The zero-order valence-electron chi connectivity index (χ0n) is 21.1. The van der Waals surface area contributed by atoms with Crippen molar-refractivity contribution in [1.29, 1.82) is 5.26 Å². The Morgan fingerprint density at radius 3 is 2.38 bits per heavy atom. The van der Waals surface area contributed by atoms with Crippen LogP contribution in [0.25, 0.3) is 11.3 Å². The molecule has 0 radical (unpaired) electrons. The summed E-state index contributed by atoms with van der Waals surface area (Å²) in [4.78, 5) is 30.0. The third-order valence-electron chi connectivity index (χ3n) is 6.62. The van der Waals surface area contributed by atoms with Gasteiger partial charge in [-0.05, 0) is 62.3 Å². The molecule has 1 atom stereocenters. The van der Waals surface area contributed by atoms with Gasteiger partial charge in [0.25, 0.3) is 0 Å². The molecule has 1 aromatic heterocycles. The number of nitrogens with one attached hydrogen (secondary N) is 2. The molecule has 1 aliphatic rings. The number of aromatic nitrogens is 2. The average Bonchev–Trinajstić information content (AvgIpc) is 3.44. The highest BCUT2D eigenvalue weighted by atomic mass is 19.4. The van der Waals surface area contributed by atoms with E-state index in [4.69, 9.17) is 15.6 Å². The van der Waals surface area contributed by atoms with Crippen molar-refractivity contribution >= 4 is 11.9 Å². The lowest BCUT2D eigenvalue weighted by atomic mass is 9.81. The van der Waals surface area contributed by atoms with Gasteiger partial charge in [-0.15, -0.1) is 0 Å². The van der Waals surface area contributed by atoms with Crippen molar-refractivity contribution in [3.05, 3.63) is 77.7 Å². The molecule has 2 aromatic carbocycles. The van der Waals surface area contributed by atoms with Crippen LogP contribution in [0.5, 0.6) is 0 Å². The second-order valence-corrected chi connectivity index (χ2v) is 9.38. The highest BCUT2D eigenvalue weighted by Crippen LogP contribution is 2.29. The molecular formula is C28H30F3N5O3. The van der Waals surface area contributed by atoms with E-state index in [2.05, 4.69) is 33.5 Å². The summed E-state index contributed by atoms with van der Waals surface area (Å²) < 4.78 is 31.7. The quantitative estimate of drug-likeness (QED) is 0.340. The lowest BCUT2D eigenvalue weighted by Gasteiger charge is -2.28. The summed E-state index contributed by atoms with van der Waals surface area (Å²) >= 11 is 0. The number of carboxylic acids is 1. The predicted octanol–water partition coefficient (Wildman–Crippen LogP) is 4.75. The standard InChI is InChI=1S/C26H29N5O.C2HF3O2/c27-15-19-9-11-21(12-10-19)26(32)31-23(14-18-5-2-1-3-6-18)25-29-17-24(30-25)22-8-4-7-20(13-22)16-28;3-2(4,5)1(6)7/h1-8,13,17,19,21,23H,9-12,14-15,27H2,(H,29,30)(H,31,32);(H,6,7)/t19?,21?,23-;/m0./s1. The maximum atomic E-state index is 13.1. The van der Waals surface area contributed by atoms with E-state index in [1.54, 1.807) is 12.3 Å². The van der Waals surface area contributed by atoms with E-state index in [1.807, 2.05) is 36.4 Å². The number of hydrogen-bond acceptors (Lipinski definition) is 5. The molecule has 206 valence electrons. The summed E-state index contributed by atoms with van der Waals surface area (Å²) in [6, 6.07) is 19.4. The second kappa shape index (κ2) is 13.6. The summed E-state index contributed by atoms with van der Waals surface area (Å²) in [5, 5.41) is 19.6. The molecule has 4 rings (SSSR count). The minimum atomic E-state index is -5.08. The number of carbonyl (C=O) groups excluding carboxylic acids is 1. The minimum Gasteiger partial charge on any atom is -0.475 e. The number of halogens is 3. The first-order valence-electron chi connectivity index (χ1n) is 12.5. The zero-order chi connectivity index (χ0) is 28.4. The summed E-state index contributed by atoms with van der Waals surface area (Å²) in [5.74, 6) is -1.39. The second-order valence-electron chi connectivity index (χ2n) is 9.38. The van der Waals surface area contributed by atoms with Crippen LogP contribution in [0.3, 0.4) is 0 Å². The Morgan fingerprint density at radius 2 is 1.79 bits per heavy atom. The first-order valence-corrected chi connectivity index (χ1v) is 12.5. The van der Waals surface area contributed by atoms with Crippen molar-refractivity contribution in [3.63, 3.8) is 0 Å². The number of imidazole rings is 1. The molecule has 1 amide bonds. The molecule has 39 heavy (non-hydrogen) atoms. The molecule has 0 spiro atoms. The third kappa shape index (κ3) is 8.68. The fourth-order valence-corrected chi connectivity index (χ4v) is 4.43. The number of aliphatic carboxylic acids is 1. The Kier molecular flexibility index (Phi) is 10.2. The summed E-state index contributed by atoms with van der Waals surface area (Å²) in [6.45, 7) is 0.702. The van der Waals surface area contributed by atoms with Crippen molar-refractivity contribution in [1.82, 2.24) is 15.3 Å². The maximum Gasteiger partial charge on any atom is 0.490 e. The van der Waals surface area contributed by atoms with Gasteiger partial charge in [0, 0.05) is 11.5 Å². The van der Waals surface area contributed by atoms with E-state index in [1.165, 1.54) is 0 Å². The van der Waals surface area contributed by atoms with E-state index < -0.39 is 12.1 Å². The fraction of sp³-hybridized carbons (Fsp3) is 0.357. The maximum absolute atomic E-state index is 13.1. The van der Waals surface area contributed by atoms with Gasteiger partial charge < -0.3 is 21.1 Å². The van der Waals surface area contributed by atoms with Crippen molar-refractivity contribution in [2.45, 2.75) is 44.3 Å². The topological polar surface area (TPSA) is 145 Å². The van der Waals surface area contributed by atoms with Gasteiger partial charge >= 0.3 is 12.1 Å². The molecule has 8 nitrogen and oxygen atoms in total. The molecule has 3 aromatic rings. The number of nitrogens with two attached hydrogens (primary N) is 1. The van der Waals surface area contributed by atoms with Crippen LogP contribution < -0.4 is 11.1 Å². The van der Waals surface area contributed by atoms with Crippen LogP contribution in [0.15, 0.2) is 60.8 Å². The number of hydrogen-bond donors (Lipinski definition) is 4. The highest BCUT2D eigenvalue weighted by molar-refractivity contribution is 5.79. The highest BCUT2D eigenvalue weighted by Gasteiger charge is 2.38. The zero-order valence-corrected chi connectivity index (χ0v) is 21.1. The number of rotatable bonds is 7. The van der Waals surface area contributed by atoms with Gasteiger partial charge in [0.2, 0.25) is 5.91 Å². The molecule has 1 heterocycles. The first-order chi connectivity index (χ1) is 18.6. The SMILES string of the molecule is N#Cc1cccc(-c2cnc([C@H](Cc3ccccc3)NC(=O)C3CCC(CN)CC3)[nH]2)c1.O=C(O)C(F)(F)F. The first kappa shape index (κ1) is 29.4. The van der Waals surface area contributed by atoms with Crippen LogP contribution in [0.1, 0.15) is 48.7 Å². The van der Waals surface area contributed by atoms with Crippen LogP contribution >= 0.6 is 0 Å². The van der Waals surface area contributed by atoms with E-state index in [0.717, 1.165) is 48.3 Å². The van der Waals surface area contributed by atoms with Gasteiger partial charge in [0.05, 0.1) is 29.6 Å². The lowest BCUT2D eigenvalue weighted by molar-refractivity contribution is -0.192. The number of alkyl halides is 3. The smallest absolute Gasteiger partial charge is 0.475 e. The summed E-state index contributed by atoms with van der Waals surface area (Å²) in [6.07, 6.45) is 1.13. The van der Waals surface area contributed by atoms with Crippen LogP contribution in [-0.4, -0.2) is 39.7 Å². The van der Waals surface area contributed by atoms with Crippen molar-refractivity contribution in [2.24, 2.45) is 17.6 Å². The molecule has 1 fully saturated rings. The van der Waals surface area contributed by atoms with Crippen molar-refractivity contribution in [2.75, 3.05) is 6.54 Å². The number of aromatic amines is 1. The number of benzene rings is 2. The summed E-state index contributed by atoms with van der Waals surface area (Å²) in [5.41, 5.74) is 9.26. The van der Waals surface area contributed by atoms with E-state index in [-0.39, 0.29) is 17.9 Å². The summed E-state index contributed by atoms with van der Waals surface area (Å²) in [7, 11) is 0. The Bertz CT molecular complexity index is 1280. The van der Waals surface area contributed by atoms with E-state index in [9.17, 15) is 23.2 Å². The van der Waals surface area contributed by atoms with Gasteiger partial charge in [0.15, 0.2) is 0 Å². The number of H-pyrrole nitrogens is 1. The molecule has 1 aliphatic carbocycles. The number of nitrogens with zero attached hydrogens (tertiary/aromatic N) is 2. The van der Waals surface area contributed by atoms with Crippen LogP contribution in [0.4, 0.5) is 13.2 Å². The molecule has 5 N–H and O–H groups in total. The number of carboxylic acid groups (broad SMARTS) is 1. The molecule has 0 unspecified atom stereocenters. The molecular weight excluding hydrogens is 511 g/mol. The Morgan fingerprint density at radius 1 is 1.13 bits per heavy atom. The number of amides is 1. The molecule has 0 bridgehead atoms. The van der Waals surface area contributed by atoms with Crippen molar-refractivity contribution in [3.8, 4) is 17.3 Å². The third-order valence-corrected chi connectivity index (χ3v) is 6.62. The van der Waals surface area contributed by atoms with Crippen molar-refractivity contribution < 1.29 is 27.9 Å². The monoisotopic (exact) mass is 541 g/mol.